The van der Waals surface area contributed by atoms with Crippen molar-refractivity contribution in [3.05, 3.63) is 64.7 Å². The number of carbonyl (C=O) groups is 2. The Morgan fingerprint density at radius 1 is 1.05 bits per heavy atom. The van der Waals surface area contributed by atoms with E-state index in [2.05, 4.69) is 29.6 Å². The number of nitrogens with one attached hydrogen (secondary N) is 1. The second-order valence-corrected chi connectivity index (χ2v) is 12.3. The number of nitrogens with two attached hydrogens (primary N) is 1. The van der Waals surface area contributed by atoms with Gasteiger partial charge in [0.25, 0.3) is 5.91 Å². The van der Waals surface area contributed by atoms with Gasteiger partial charge in [0, 0.05) is 38.0 Å². The Morgan fingerprint density at radius 2 is 1.69 bits per heavy atom. The molecule has 4 rings (SSSR count). The number of amidine groups is 1. The first-order valence-corrected chi connectivity index (χ1v) is 15.2. The number of primary amides is 1. The summed E-state index contributed by atoms with van der Waals surface area (Å²) in [5.74, 6) is 1.33. The number of piperidine rings is 1. The highest BCUT2D eigenvalue weighted by molar-refractivity contribution is 7.82. The summed E-state index contributed by atoms with van der Waals surface area (Å²) in [7, 11) is 0.516. The van der Waals surface area contributed by atoms with E-state index in [1.807, 2.05) is 36.4 Å². The Bertz CT molecular complexity index is 1220. The normalized spacial score (nSPS) is 17.6. The number of amides is 3. The van der Waals surface area contributed by atoms with Crippen LogP contribution in [0.25, 0.3) is 0 Å². The minimum Gasteiger partial charge on any atom is -0.351 e. The van der Waals surface area contributed by atoms with E-state index in [0.717, 1.165) is 60.3 Å². The Kier molecular flexibility index (Phi) is 9.56. The maximum Gasteiger partial charge on any atom is 0.318 e. The van der Waals surface area contributed by atoms with E-state index >= 15 is 0 Å². The van der Waals surface area contributed by atoms with Crippen molar-refractivity contribution >= 4 is 34.4 Å². The van der Waals surface area contributed by atoms with E-state index in [-0.39, 0.29) is 5.91 Å². The van der Waals surface area contributed by atoms with Crippen LogP contribution in [0.15, 0.2) is 47.5 Å². The SMILES string of the molecule is Cc1cc(N(C)C(N)=O)cc(C)c1CCS(=O)N1CCC2(CC1)N=C(CCCCCc1ccccc1)NC2=O. The molecule has 1 fully saturated rings. The Labute approximate surface area is 234 Å². The summed E-state index contributed by atoms with van der Waals surface area (Å²) >= 11 is 0. The molecule has 2 aromatic rings. The molecule has 3 amide bonds. The van der Waals surface area contributed by atoms with Crippen molar-refractivity contribution in [2.75, 3.05) is 30.8 Å². The van der Waals surface area contributed by atoms with Crippen LogP contribution >= 0.6 is 0 Å². The van der Waals surface area contributed by atoms with E-state index in [1.165, 1.54) is 10.5 Å². The Hall–Kier alpha value is -3.04. The molecule has 0 saturated carbocycles. The summed E-state index contributed by atoms with van der Waals surface area (Å²) in [5, 5.41) is 3.03. The summed E-state index contributed by atoms with van der Waals surface area (Å²) in [6.07, 6.45) is 6.98. The molecular formula is C30H41N5O3S. The average molecular weight is 552 g/mol. The van der Waals surface area contributed by atoms with E-state index in [4.69, 9.17) is 10.7 Å². The number of hydrogen-bond acceptors (Lipinski definition) is 4. The minimum absolute atomic E-state index is 0.000476. The van der Waals surface area contributed by atoms with Gasteiger partial charge in [-0.1, -0.05) is 36.8 Å². The molecule has 0 aromatic heterocycles. The largest absolute Gasteiger partial charge is 0.351 e. The van der Waals surface area contributed by atoms with Gasteiger partial charge in [0.05, 0.1) is 11.0 Å². The molecule has 2 aliphatic heterocycles. The molecule has 9 heteroatoms. The van der Waals surface area contributed by atoms with Crippen LogP contribution in [0.4, 0.5) is 10.5 Å². The van der Waals surface area contributed by atoms with Crippen LogP contribution < -0.4 is 16.0 Å². The molecule has 210 valence electrons. The molecule has 0 radical (unpaired) electrons. The number of aryl methyl sites for hydroxylation is 3. The number of aliphatic imine (C=N–C) groups is 1. The fraction of sp³-hybridized carbons (Fsp3) is 0.500. The van der Waals surface area contributed by atoms with Crippen LogP contribution in [0, 0.1) is 13.8 Å². The smallest absolute Gasteiger partial charge is 0.318 e. The van der Waals surface area contributed by atoms with Gasteiger partial charge in [-0.25, -0.2) is 13.3 Å². The number of carbonyl (C=O) groups excluding carboxylic acids is 2. The summed E-state index contributed by atoms with van der Waals surface area (Å²) < 4.78 is 15.1. The first-order valence-electron chi connectivity index (χ1n) is 13.9. The lowest BCUT2D eigenvalue weighted by atomic mass is 9.89. The molecule has 1 atom stereocenters. The van der Waals surface area contributed by atoms with Crippen LogP contribution in [0.1, 0.15) is 60.8 Å². The lowest BCUT2D eigenvalue weighted by Gasteiger charge is -2.34. The van der Waals surface area contributed by atoms with Gasteiger partial charge in [0.1, 0.15) is 11.4 Å². The zero-order valence-corrected chi connectivity index (χ0v) is 24.2. The van der Waals surface area contributed by atoms with Crippen molar-refractivity contribution in [2.45, 2.75) is 70.8 Å². The predicted octanol–water partition coefficient (Wildman–Crippen LogP) is 4.19. The summed E-state index contributed by atoms with van der Waals surface area (Å²) in [5.41, 5.74) is 10.1. The molecule has 3 N–H and O–H groups in total. The molecule has 2 heterocycles. The van der Waals surface area contributed by atoms with Gasteiger partial charge < -0.3 is 11.1 Å². The van der Waals surface area contributed by atoms with E-state index in [1.54, 1.807) is 7.05 Å². The van der Waals surface area contributed by atoms with Crippen LogP contribution in [0.3, 0.4) is 0 Å². The van der Waals surface area contributed by atoms with Crippen molar-refractivity contribution in [1.29, 1.82) is 0 Å². The predicted molar refractivity (Wildman–Crippen MR) is 158 cm³/mol. The van der Waals surface area contributed by atoms with Crippen molar-refractivity contribution in [3.8, 4) is 0 Å². The first kappa shape index (κ1) is 29.0. The fourth-order valence-corrected chi connectivity index (χ4v) is 6.78. The van der Waals surface area contributed by atoms with Crippen LogP contribution in [0.2, 0.25) is 0 Å². The Balaban J connectivity index is 1.23. The number of anilines is 1. The van der Waals surface area contributed by atoms with Crippen LogP contribution in [0.5, 0.6) is 0 Å². The third-order valence-electron chi connectivity index (χ3n) is 8.01. The van der Waals surface area contributed by atoms with Crippen molar-refractivity contribution in [3.63, 3.8) is 0 Å². The Morgan fingerprint density at radius 3 is 2.33 bits per heavy atom. The maximum atomic E-state index is 13.1. The minimum atomic E-state index is -1.14. The van der Waals surface area contributed by atoms with E-state index in [9.17, 15) is 13.8 Å². The topological polar surface area (TPSA) is 108 Å². The van der Waals surface area contributed by atoms with E-state index in [0.29, 0.717) is 38.1 Å². The molecule has 0 aliphatic carbocycles. The van der Waals surface area contributed by atoms with Gasteiger partial charge in [-0.2, -0.15) is 0 Å². The van der Waals surface area contributed by atoms with E-state index < -0.39 is 22.6 Å². The lowest BCUT2D eigenvalue weighted by Crippen LogP contribution is -2.49. The van der Waals surface area contributed by atoms with Crippen LogP contribution in [-0.2, 0) is 28.6 Å². The molecule has 39 heavy (non-hydrogen) atoms. The second kappa shape index (κ2) is 12.9. The van der Waals surface area contributed by atoms with Crippen molar-refractivity contribution < 1.29 is 13.8 Å². The van der Waals surface area contributed by atoms with Crippen LogP contribution in [-0.4, -0.2) is 57.7 Å². The second-order valence-electron chi connectivity index (χ2n) is 10.8. The van der Waals surface area contributed by atoms with Gasteiger partial charge in [-0.15, -0.1) is 0 Å². The highest BCUT2D eigenvalue weighted by Gasteiger charge is 2.46. The number of rotatable bonds is 11. The van der Waals surface area contributed by atoms with Gasteiger partial charge in [-0.3, -0.25) is 14.7 Å². The maximum absolute atomic E-state index is 13.1. The third-order valence-corrected chi connectivity index (χ3v) is 9.51. The average Bonchev–Trinajstić information content (AvgIpc) is 3.22. The molecule has 1 unspecified atom stereocenters. The zero-order valence-electron chi connectivity index (χ0n) is 23.4. The third kappa shape index (κ3) is 7.13. The van der Waals surface area contributed by atoms with Gasteiger partial charge in [-0.05, 0) is 86.8 Å². The quantitative estimate of drug-likeness (QED) is 0.409. The molecule has 2 aromatic carbocycles. The number of urea groups is 1. The van der Waals surface area contributed by atoms with Gasteiger partial charge in [0.15, 0.2) is 0 Å². The highest BCUT2D eigenvalue weighted by atomic mass is 32.2. The number of nitrogens with zero attached hydrogens (tertiary/aromatic N) is 3. The number of unbranched alkanes of at least 4 members (excludes halogenated alkanes) is 2. The molecule has 8 nitrogen and oxygen atoms in total. The molecule has 0 bridgehead atoms. The molecule has 2 aliphatic rings. The number of benzene rings is 2. The highest BCUT2D eigenvalue weighted by Crippen LogP contribution is 2.31. The summed E-state index contributed by atoms with van der Waals surface area (Å²) in [6, 6.07) is 13.9. The molecule has 1 spiro atoms. The monoisotopic (exact) mass is 551 g/mol. The first-order chi connectivity index (χ1) is 18.7. The van der Waals surface area contributed by atoms with Crippen molar-refractivity contribution in [1.82, 2.24) is 9.62 Å². The molecule has 1 saturated heterocycles. The summed E-state index contributed by atoms with van der Waals surface area (Å²) in [6.45, 7) is 5.19. The molecular weight excluding hydrogens is 510 g/mol. The van der Waals surface area contributed by atoms with Gasteiger partial charge in [0.2, 0.25) is 0 Å². The lowest BCUT2D eigenvalue weighted by molar-refractivity contribution is -0.124. The van der Waals surface area contributed by atoms with Crippen molar-refractivity contribution in [2.24, 2.45) is 10.7 Å². The standard InChI is InChI=1S/C30H41N5O3S/c1-22-20-25(34(3)29(31)37)21-23(2)26(22)14-19-39(38)35-17-15-30(16-18-35)28(36)32-27(33-30)13-9-5-8-12-24-10-6-4-7-11-24/h4,6-7,10-11,20-21H,5,8-9,12-19H2,1-3H3,(H2,31,37)(H,32,33,36). The zero-order chi connectivity index (χ0) is 28.0. The number of hydrogen-bond donors (Lipinski definition) is 2. The summed E-state index contributed by atoms with van der Waals surface area (Å²) in [4.78, 5) is 30.7. The fourth-order valence-electron chi connectivity index (χ4n) is 5.55. The van der Waals surface area contributed by atoms with Gasteiger partial charge >= 0.3 is 6.03 Å².